The van der Waals surface area contributed by atoms with Gasteiger partial charge in [0.25, 0.3) is 0 Å². The number of fused-ring (bicyclic) bond motifs is 1. The van der Waals surface area contributed by atoms with Crippen molar-refractivity contribution >= 4 is 0 Å². The lowest BCUT2D eigenvalue weighted by molar-refractivity contribution is -0.0358. The molecule has 4 rings (SSSR count). The van der Waals surface area contributed by atoms with Gasteiger partial charge in [0.1, 0.15) is 5.75 Å². The summed E-state index contributed by atoms with van der Waals surface area (Å²) in [4.78, 5) is 2.75. The molecule has 0 spiro atoms. The van der Waals surface area contributed by atoms with E-state index in [1.165, 1.54) is 43.5 Å². The second-order valence-electron chi connectivity index (χ2n) is 7.53. The van der Waals surface area contributed by atoms with Crippen LogP contribution in [0.5, 0.6) is 5.75 Å². The van der Waals surface area contributed by atoms with Crippen molar-refractivity contribution in [2.24, 2.45) is 0 Å². The van der Waals surface area contributed by atoms with E-state index in [0.717, 1.165) is 57.9 Å². The number of hydrogen-bond acceptors (Lipinski definition) is 4. The Morgan fingerprint density at radius 2 is 1.88 bits per heavy atom. The summed E-state index contributed by atoms with van der Waals surface area (Å²) in [6.45, 7) is 7.20. The van der Waals surface area contributed by atoms with Crippen LogP contribution < -0.4 is 10.1 Å². The second kappa shape index (κ2) is 7.42. The Morgan fingerprint density at radius 3 is 2.71 bits per heavy atom. The van der Waals surface area contributed by atoms with Crippen LogP contribution in [-0.4, -0.2) is 49.9 Å². The van der Waals surface area contributed by atoms with E-state index in [9.17, 15) is 0 Å². The maximum absolute atomic E-state index is 5.66. The number of hydrogen-bond donors (Lipinski definition) is 1. The monoisotopic (exact) mass is 330 g/mol. The van der Waals surface area contributed by atoms with Crippen molar-refractivity contribution in [3.8, 4) is 5.75 Å². The second-order valence-corrected chi connectivity index (χ2v) is 7.53. The number of rotatable bonds is 5. The number of benzene rings is 1. The van der Waals surface area contributed by atoms with Gasteiger partial charge in [-0.2, -0.15) is 0 Å². The molecule has 0 unspecified atom stereocenters. The van der Waals surface area contributed by atoms with Crippen molar-refractivity contribution in [3.05, 3.63) is 29.3 Å². The Hall–Kier alpha value is -1.10. The van der Waals surface area contributed by atoms with Gasteiger partial charge in [-0.05, 0) is 56.0 Å². The molecule has 1 aromatic carbocycles. The molecule has 0 saturated carbocycles. The van der Waals surface area contributed by atoms with Gasteiger partial charge in [-0.25, -0.2) is 0 Å². The third-order valence-electron chi connectivity index (χ3n) is 5.99. The quantitative estimate of drug-likeness (QED) is 0.900. The maximum atomic E-state index is 5.66. The first-order valence-corrected chi connectivity index (χ1v) is 9.64. The van der Waals surface area contributed by atoms with E-state index in [4.69, 9.17) is 9.47 Å². The summed E-state index contributed by atoms with van der Waals surface area (Å²) >= 11 is 0. The minimum absolute atomic E-state index is 0.304. The Morgan fingerprint density at radius 1 is 1.04 bits per heavy atom. The average molecular weight is 330 g/mol. The van der Waals surface area contributed by atoms with Gasteiger partial charge in [-0.1, -0.05) is 18.6 Å². The standard InChI is InChI=1S/C20H30N2O2/c1-2-9-22(10-3-1)20(7-12-23-13-8-20)16-21-15-17-4-5-19-18(14-17)6-11-24-19/h4-5,14,21H,1-3,6-13,15-16H2. The highest BCUT2D eigenvalue weighted by Gasteiger charge is 2.38. The zero-order valence-electron chi connectivity index (χ0n) is 14.7. The smallest absolute Gasteiger partial charge is 0.122 e. The molecule has 1 aromatic rings. The molecule has 24 heavy (non-hydrogen) atoms. The Kier molecular flexibility index (Phi) is 5.06. The first-order chi connectivity index (χ1) is 11.9. The molecule has 0 aromatic heterocycles. The lowest BCUT2D eigenvalue weighted by Gasteiger charge is -2.48. The number of likely N-dealkylation sites (tertiary alicyclic amines) is 1. The van der Waals surface area contributed by atoms with E-state index in [0.29, 0.717) is 5.54 Å². The van der Waals surface area contributed by atoms with E-state index in [-0.39, 0.29) is 0 Å². The molecule has 0 radical (unpaired) electrons. The van der Waals surface area contributed by atoms with Crippen LogP contribution in [0.2, 0.25) is 0 Å². The molecular formula is C20H30N2O2. The van der Waals surface area contributed by atoms with Crippen LogP contribution in [0.15, 0.2) is 18.2 Å². The molecule has 132 valence electrons. The first kappa shape index (κ1) is 16.4. The van der Waals surface area contributed by atoms with Gasteiger partial charge in [0, 0.05) is 38.3 Å². The van der Waals surface area contributed by atoms with Gasteiger partial charge in [0.2, 0.25) is 0 Å². The molecular weight excluding hydrogens is 300 g/mol. The predicted octanol–water partition coefficient (Wildman–Crippen LogP) is 2.75. The Labute approximate surface area is 145 Å². The minimum Gasteiger partial charge on any atom is -0.493 e. The molecule has 3 aliphatic rings. The molecule has 2 fully saturated rings. The van der Waals surface area contributed by atoms with Crippen LogP contribution in [0, 0.1) is 0 Å². The molecule has 4 nitrogen and oxygen atoms in total. The highest BCUT2D eigenvalue weighted by Crippen LogP contribution is 2.31. The van der Waals surface area contributed by atoms with Crippen LogP contribution >= 0.6 is 0 Å². The molecule has 2 saturated heterocycles. The minimum atomic E-state index is 0.304. The van der Waals surface area contributed by atoms with E-state index >= 15 is 0 Å². The van der Waals surface area contributed by atoms with E-state index in [1.54, 1.807) is 0 Å². The molecule has 4 heteroatoms. The van der Waals surface area contributed by atoms with Gasteiger partial charge >= 0.3 is 0 Å². The summed E-state index contributed by atoms with van der Waals surface area (Å²) in [5, 5.41) is 3.76. The topological polar surface area (TPSA) is 33.7 Å². The van der Waals surface area contributed by atoms with Gasteiger partial charge < -0.3 is 14.8 Å². The van der Waals surface area contributed by atoms with Crippen LogP contribution in [-0.2, 0) is 17.7 Å². The largest absolute Gasteiger partial charge is 0.493 e. The van der Waals surface area contributed by atoms with Gasteiger partial charge in [-0.3, -0.25) is 4.90 Å². The summed E-state index contributed by atoms with van der Waals surface area (Å²) in [5.41, 5.74) is 3.05. The van der Waals surface area contributed by atoms with Crippen LogP contribution in [0.3, 0.4) is 0 Å². The SMILES string of the molecule is c1cc2c(cc1CNCC1(N3CCCCC3)CCOCC1)CCO2. The van der Waals surface area contributed by atoms with Crippen molar-refractivity contribution in [1.29, 1.82) is 0 Å². The zero-order chi connectivity index (χ0) is 16.2. The van der Waals surface area contributed by atoms with Gasteiger partial charge in [0.15, 0.2) is 0 Å². The summed E-state index contributed by atoms with van der Waals surface area (Å²) in [5.74, 6) is 1.08. The molecule has 0 atom stereocenters. The molecule has 3 aliphatic heterocycles. The first-order valence-electron chi connectivity index (χ1n) is 9.64. The van der Waals surface area contributed by atoms with Crippen LogP contribution in [0.25, 0.3) is 0 Å². The highest BCUT2D eigenvalue weighted by atomic mass is 16.5. The number of ether oxygens (including phenoxy) is 2. The van der Waals surface area contributed by atoms with E-state index in [2.05, 4.69) is 28.4 Å². The third kappa shape index (κ3) is 3.46. The average Bonchev–Trinajstić information content (AvgIpc) is 3.11. The molecule has 3 heterocycles. The fourth-order valence-electron chi connectivity index (χ4n) is 4.51. The Bertz CT molecular complexity index is 549. The summed E-state index contributed by atoms with van der Waals surface area (Å²) in [6.07, 6.45) is 7.49. The Balaban J connectivity index is 1.38. The molecule has 1 N–H and O–H groups in total. The number of nitrogens with zero attached hydrogens (tertiary/aromatic N) is 1. The highest BCUT2D eigenvalue weighted by molar-refractivity contribution is 5.39. The lowest BCUT2D eigenvalue weighted by Crippen LogP contribution is -2.59. The zero-order valence-corrected chi connectivity index (χ0v) is 14.7. The third-order valence-corrected chi connectivity index (χ3v) is 5.99. The van der Waals surface area contributed by atoms with Crippen molar-refractivity contribution in [1.82, 2.24) is 10.2 Å². The summed E-state index contributed by atoms with van der Waals surface area (Å²) in [7, 11) is 0. The normalized spacial score (nSPS) is 23.7. The van der Waals surface area contributed by atoms with E-state index < -0.39 is 0 Å². The fraction of sp³-hybridized carbons (Fsp3) is 0.700. The van der Waals surface area contributed by atoms with Crippen LogP contribution in [0.4, 0.5) is 0 Å². The molecule has 0 amide bonds. The van der Waals surface area contributed by atoms with Gasteiger partial charge in [-0.15, -0.1) is 0 Å². The van der Waals surface area contributed by atoms with Crippen LogP contribution in [0.1, 0.15) is 43.2 Å². The number of nitrogens with one attached hydrogen (secondary N) is 1. The summed E-state index contributed by atoms with van der Waals surface area (Å²) in [6, 6.07) is 6.65. The van der Waals surface area contributed by atoms with Crippen molar-refractivity contribution in [2.75, 3.05) is 39.5 Å². The predicted molar refractivity (Wildman–Crippen MR) is 95.6 cm³/mol. The molecule has 0 bridgehead atoms. The van der Waals surface area contributed by atoms with E-state index in [1.807, 2.05) is 0 Å². The lowest BCUT2D eigenvalue weighted by atomic mass is 9.86. The van der Waals surface area contributed by atoms with Gasteiger partial charge in [0.05, 0.1) is 6.61 Å². The molecule has 0 aliphatic carbocycles. The fourth-order valence-corrected chi connectivity index (χ4v) is 4.51. The van der Waals surface area contributed by atoms with Crippen molar-refractivity contribution < 1.29 is 9.47 Å². The maximum Gasteiger partial charge on any atom is 0.122 e. The van der Waals surface area contributed by atoms with Crippen molar-refractivity contribution in [2.45, 2.75) is 50.6 Å². The number of piperidine rings is 1. The van der Waals surface area contributed by atoms with Crippen molar-refractivity contribution in [3.63, 3.8) is 0 Å². The summed E-state index contributed by atoms with van der Waals surface area (Å²) < 4.78 is 11.3.